The Morgan fingerprint density at radius 3 is 2.41 bits per heavy atom. The molecule has 1 aliphatic heterocycles. The van der Waals surface area contributed by atoms with Crippen LogP contribution in [0.2, 0.25) is 0 Å². The quantitative estimate of drug-likeness (QED) is 0.658. The van der Waals surface area contributed by atoms with Crippen molar-refractivity contribution in [2.45, 2.75) is 31.5 Å². The summed E-state index contributed by atoms with van der Waals surface area (Å²) in [6, 6.07) is 8.89. The van der Waals surface area contributed by atoms with Crippen LogP contribution in [0.15, 0.2) is 51.5 Å². The van der Waals surface area contributed by atoms with Gasteiger partial charge in [-0.2, -0.15) is 13.2 Å². The maximum atomic E-state index is 12.6. The maximum Gasteiger partial charge on any atom is 0.416 e. The van der Waals surface area contributed by atoms with E-state index < -0.39 is 11.7 Å². The molecule has 1 saturated heterocycles. The van der Waals surface area contributed by atoms with Crippen molar-refractivity contribution in [2.75, 3.05) is 13.1 Å². The van der Waals surface area contributed by atoms with Gasteiger partial charge >= 0.3 is 6.18 Å². The zero-order chi connectivity index (χ0) is 18.9. The van der Waals surface area contributed by atoms with Crippen LogP contribution >= 0.6 is 0 Å². The van der Waals surface area contributed by atoms with Crippen molar-refractivity contribution < 1.29 is 22.0 Å². The lowest BCUT2D eigenvalue weighted by molar-refractivity contribution is -0.137. The molecule has 0 radical (unpaired) electrons. The number of aromatic nitrogens is 2. The molecule has 1 aliphatic rings. The lowest BCUT2D eigenvalue weighted by atomic mass is 9.96. The molecular weight excluding hydrogens is 359 g/mol. The summed E-state index contributed by atoms with van der Waals surface area (Å²) in [4.78, 5) is 2.23. The molecule has 0 amide bonds. The maximum absolute atomic E-state index is 12.6. The molecule has 3 aromatic rings. The van der Waals surface area contributed by atoms with Gasteiger partial charge < -0.3 is 8.83 Å². The van der Waals surface area contributed by atoms with E-state index in [9.17, 15) is 13.2 Å². The number of hydrogen-bond donors (Lipinski definition) is 0. The second kappa shape index (κ2) is 7.19. The van der Waals surface area contributed by atoms with Gasteiger partial charge in [0.25, 0.3) is 5.89 Å². The number of halogens is 3. The van der Waals surface area contributed by atoms with E-state index in [0.717, 1.165) is 43.6 Å². The predicted octanol–water partition coefficient (Wildman–Crippen LogP) is 4.73. The van der Waals surface area contributed by atoms with E-state index in [2.05, 4.69) is 15.1 Å². The van der Waals surface area contributed by atoms with Crippen LogP contribution in [0.4, 0.5) is 13.2 Å². The van der Waals surface area contributed by atoms with Crippen LogP contribution in [0, 0.1) is 0 Å². The Labute approximate surface area is 153 Å². The van der Waals surface area contributed by atoms with Gasteiger partial charge in [0.15, 0.2) is 5.76 Å². The lowest BCUT2D eigenvalue weighted by Gasteiger charge is -2.30. The van der Waals surface area contributed by atoms with E-state index in [4.69, 9.17) is 8.83 Å². The molecule has 3 heterocycles. The molecule has 8 heteroatoms. The smallest absolute Gasteiger partial charge is 0.416 e. The van der Waals surface area contributed by atoms with Gasteiger partial charge in [0.05, 0.1) is 11.8 Å². The number of alkyl halides is 3. The highest BCUT2D eigenvalue weighted by Crippen LogP contribution is 2.31. The Hall–Kier alpha value is -2.61. The summed E-state index contributed by atoms with van der Waals surface area (Å²) in [5, 5.41) is 8.17. The zero-order valence-corrected chi connectivity index (χ0v) is 14.4. The summed E-state index contributed by atoms with van der Waals surface area (Å²) in [7, 11) is 0. The molecule has 142 valence electrons. The number of nitrogens with zero attached hydrogens (tertiary/aromatic N) is 3. The average Bonchev–Trinajstić information content (AvgIpc) is 3.34. The first-order valence-corrected chi connectivity index (χ1v) is 8.75. The molecule has 0 bridgehead atoms. The van der Waals surface area contributed by atoms with Crippen molar-refractivity contribution in [3.63, 3.8) is 0 Å². The van der Waals surface area contributed by atoms with E-state index in [-0.39, 0.29) is 5.92 Å². The van der Waals surface area contributed by atoms with Gasteiger partial charge in [-0.3, -0.25) is 4.90 Å². The Morgan fingerprint density at radius 1 is 1.04 bits per heavy atom. The SMILES string of the molecule is FC(F)(F)c1ccc(CN2CCC(c3nnc(-c4ccco4)o3)CC2)cc1. The minimum Gasteiger partial charge on any atom is -0.459 e. The summed E-state index contributed by atoms with van der Waals surface area (Å²) in [6.07, 6.45) is -1.02. The van der Waals surface area contributed by atoms with Gasteiger partial charge in [-0.15, -0.1) is 10.2 Å². The summed E-state index contributed by atoms with van der Waals surface area (Å²) in [5.74, 6) is 1.72. The molecule has 0 saturated carbocycles. The zero-order valence-electron chi connectivity index (χ0n) is 14.4. The number of rotatable bonds is 4. The molecule has 0 aliphatic carbocycles. The molecule has 5 nitrogen and oxygen atoms in total. The molecule has 1 fully saturated rings. The molecule has 0 spiro atoms. The number of hydrogen-bond acceptors (Lipinski definition) is 5. The number of benzene rings is 1. The van der Waals surface area contributed by atoms with Gasteiger partial charge in [0.1, 0.15) is 0 Å². The second-order valence-electron chi connectivity index (χ2n) is 6.67. The van der Waals surface area contributed by atoms with Crippen LogP contribution in [-0.2, 0) is 12.7 Å². The number of furan rings is 1. The predicted molar refractivity (Wildman–Crippen MR) is 90.7 cm³/mol. The Balaban J connectivity index is 1.33. The highest BCUT2D eigenvalue weighted by atomic mass is 19.4. The minimum atomic E-state index is -4.30. The van der Waals surface area contributed by atoms with Crippen molar-refractivity contribution in [1.29, 1.82) is 0 Å². The van der Waals surface area contributed by atoms with Crippen molar-refractivity contribution in [2.24, 2.45) is 0 Å². The lowest BCUT2D eigenvalue weighted by Crippen LogP contribution is -2.32. The number of likely N-dealkylation sites (tertiary alicyclic amines) is 1. The first-order chi connectivity index (χ1) is 13.0. The van der Waals surface area contributed by atoms with Crippen LogP contribution in [0.25, 0.3) is 11.7 Å². The molecule has 0 atom stereocenters. The second-order valence-corrected chi connectivity index (χ2v) is 6.67. The molecule has 1 aromatic carbocycles. The van der Waals surface area contributed by atoms with Crippen LogP contribution in [0.5, 0.6) is 0 Å². The van der Waals surface area contributed by atoms with Crippen LogP contribution in [-0.4, -0.2) is 28.2 Å². The summed E-state index contributed by atoms with van der Waals surface area (Å²) in [5.41, 5.74) is 0.257. The fourth-order valence-corrected chi connectivity index (χ4v) is 3.29. The summed E-state index contributed by atoms with van der Waals surface area (Å²) in [6.45, 7) is 2.28. The van der Waals surface area contributed by atoms with Gasteiger partial charge in [0, 0.05) is 12.5 Å². The van der Waals surface area contributed by atoms with Crippen LogP contribution < -0.4 is 0 Å². The molecular formula is C19H18F3N3O2. The van der Waals surface area contributed by atoms with Gasteiger partial charge in [-0.05, 0) is 55.8 Å². The highest BCUT2D eigenvalue weighted by Gasteiger charge is 2.30. The summed E-state index contributed by atoms with van der Waals surface area (Å²) >= 11 is 0. The highest BCUT2D eigenvalue weighted by molar-refractivity contribution is 5.42. The number of piperidine rings is 1. The standard InChI is InChI=1S/C19H18F3N3O2/c20-19(21,22)15-5-3-13(4-6-15)12-25-9-7-14(8-10-25)17-23-24-18(27-17)16-2-1-11-26-16/h1-6,11,14H,7-10,12H2. The summed E-state index contributed by atoms with van der Waals surface area (Å²) < 4.78 is 48.9. The molecule has 0 N–H and O–H groups in total. The largest absolute Gasteiger partial charge is 0.459 e. The van der Waals surface area contributed by atoms with Gasteiger partial charge in [-0.25, -0.2) is 0 Å². The third kappa shape index (κ3) is 4.05. The van der Waals surface area contributed by atoms with Crippen molar-refractivity contribution >= 4 is 0 Å². The fourth-order valence-electron chi connectivity index (χ4n) is 3.29. The third-order valence-electron chi connectivity index (χ3n) is 4.80. The average molecular weight is 377 g/mol. The van der Waals surface area contributed by atoms with Crippen LogP contribution in [0.1, 0.15) is 35.8 Å². The van der Waals surface area contributed by atoms with E-state index >= 15 is 0 Å². The molecule has 2 aromatic heterocycles. The normalized spacial score (nSPS) is 16.7. The topological polar surface area (TPSA) is 55.3 Å². The van der Waals surface area contributed by atoms with E-state index in [1.54, 1.807) is 30.5 Å². The first kappa shape index (κ1) is 17.8. The van der Waals surface area contributed by atoms with Crippen molar-refractivity contribution in [3.8, 4) is 11.7 Å². The first-order valence-electron chi connectivity index (χ1n) is 8.75. The molecule has 4 rings (SSSR count). The van der Waals surface area contributed by atoms with Gasteiger partial charge in [-0.1, -0.05) is 12.1 Å². The van der Waals surface area contributed by atoms with E-state index in [1.165, 1.54) is 0 Å². The van der Waals surface area contributed by atoms with Gasteiger partial charge in [0.2, 0.25) is 5.89 Å². The van der Waals surface area contributed by atoms with E-state index in [0.29, 0.717) is 24.1 Å². The van der Waals surface area contributed by atoms with Crippen molar-refractivity contribution in [3.05, 3.63) is 59.7 Å². The fraction of sp³-hybridized carbons (Fsp3) is 0.368. The van der Waals surface area contributed by atoms with Crippen molar-refractivity contribution in [1.82, 2.24) is 15.1 Å². The molecule has 0 unspecified atom stereocenters. The Kier molecular flexibility index (Phi) is 4.73. The minimum absolute atomic E-state index is 0.185. The Morgan fingerprint density at radius 2 is 1.78 bits per heavy atom. The van der Waals surface area contributed by atoms with E-state index in [1.807, 2.05) is 0 Å². The monoisotopic (exact) mass is 377 g/mol. The third-order valence-corrected chi connectivity index (χ3v) is 4.80. The Bertz CT molecular complexity index is 864. The van der Waals surface area contributed by atoms with Crippen LogP contribution in [0.3, 0.4) is 0 Å². The molecule has 27 heavy (non-hydrogen) atoms.